The van der Waals surface area contributed by atoms with E-state index in [4.69, 9.17) is 0 Å². The van der Waals surface area contributed by atoms with Gasteiger partial charge in [0.2, 0.25) is 0 Å². The third-order valence-electron chi connectivity index (χ3n) is 4.94. The number of amides is 1. The normalized spacial score (nSPS) is 17.9. The highest BCUT2D eigenvalue weighted by Crippen LogP contribution is 2.21. The number of rotatable bonds is 3. The van der Waals surface area contributed by atoms with Crippen LogP contribution in [0.4, 0.5) is 0 Å². The molecule has 0 spiro atoms. The number of aliphatic hydroxyl groups excluding tert-OH is 1. The van der Waals surface area contributed by atoms with Crippen LogP contribution in [0.2, 0.25) is 0 Å². The lowest BCUT2D eigenvalue weighted by Crippen LogP contribution is -2.51. The van der Waals surface area contributed by atoms with Gasteiger partial charge in [0.25, 0.3) is 5.91 Å². The monoisotopic (exact) mass is 345 g/mol. The second-order valence-corrected chi connectivity index (χ2v) is 7.92. The van der Waals surface area contributed by atoms with Crippen LogP contribution in [-0.4, -0.2) is 74.8 Å². The largest absolute Gasteiger partial charge is 0.391 e. The molecule has 25 heavy (non-hydrogen) atoms. The first-order valence-electron chi connectivity index (χ1n) is 8.76. The number of piperazine rings is 1. The van der Waals surface area contributed by atoms with Crippen LogP contribution in [0.1, 0.15) is 36.8 Å². The SMILES string of the molecule is Cc1[nH]nc2ncc(C(=O)N3CCN(C[C@@H](O)C(C)(C)C)CC3)cc12. The number of carbonyl (C=O) groups excluding carboxylic acids is 1. The minimum Gasteiger partial charge on any atom is -0.391 e. The van der Waals surface area contributed by atoms with Crippen LogP contribution < -0.4 is 0 Å². The Morgan fingerprint density at radius 2 is 2.00 bits per heavy atom. The van der Waals surface area contributed by atoms with Gasteiger partial charge in [0, 0.05) is 50.0 Å². The highest BCUT2D eigenvalue weighted by Gasteiger charge is 2.28. The number of pyridine rings is 1. The lowest BCUT2D eigenvalue weighted by molar-refractivity contribution is 0.0137. The van der Waals surface area contributed by atoms with Gasteiger partial charge in [0.15, 0.2) is 5.65 Å². The van der Waals surface area contributed by atoms with E-state index in [0.29, 0.717) is 30.8 Å². The van der Waals surface area contributed by atoms with Gasteiger partial charge in [-0.2, -0.15) is 5.10 Å². The molecule has 2 N–H and O–H groups in total. The van der Waals surface area contributed by atoms with E-state index in [-0.39, 0.29) is 17.4 Å². The van der Waals surface area contributed by atoms with Gasteiger partial charge in [-0.15, -0.1) is 0 Å². The summed E-state index contributed by atoms with van der Waals surface area (Å²) in [7, 11) is 0. The maximum absolute atomic E-state index is 12.8. The van der Waals surface area contributed by atoms with Gasteiger partial charge in [-0.3, -0.25) is 14.8 Å². The van der Waals surface area contributed by atoms with Crippen LogP contribution in [-0.2, 0) is 0 Å². The Morgan fingerprint density at radius 3 is 2.64 bits per heavy atom. The van der Waals surface area contributed by atoms with Gasteiger partial charge in [0.1, 0.15) is 0 Å². The topological polar surface area (TPSA) is 85.4 Å². The molecule has 0 bridgehead atoms. The Hall–Kier alpha value is -1.99. The van der Waals surface area contributed by atoms with Gasteiger partial charge >= 0.3 is 0 Å². The molecule has 3 rings (SSSR count). The first kappa shape index (κ1) is 17.8. The summed E-state index contributed by atoms with van der Waals surface area (Å²) >= 11 is 0. The van der Waals surface area contributed by atoms with Gasteiger partial charge < -0.3 is 10.0 Å². The number of fused-ring (bicyclic) bond motifs is 1. The first-order chi connectivity index (χ1) is 11.8. The van der Waals surface area contributed by atoms with Crippen molar-refractivity contribution in [3.8, 4) is 0 Å². The molecule has 3 heterocycles. The Kier molecular flexibility index (Phi) is 4.79. The Bertz CT molecular complexity index is 756. The Morgan fingerprint density at radius 1 is 1.32 bits per heavy atom. The van der Waals surface area contributed by atoms with Crippen LogP contribution in [0.5, 0.6) is 0 Å². The molecule has 0 radical (unpaired) electrons. The molecular formula is C18H27N5O2. The highest BCUT2D eigenvalue weighted by atomic mass is 16.3. The predicted molar refractivity (Wildman–Crippen MR) is 96.4 cm³/mol. The first-order valence-corrected chi connectivity index (χ1v) is 8.76. The van der Waals surface area contributed by atoms with E-state index in [0.717, 1.165) is 24.2 Å². The minimum absolute atomic E-state index is 0.00557. The number of carbonyl (C=O) groups is 1. The Balaban J connectivity index is 1.62. The van der Waals surface area contributed by atoms with Crippen molar-refractivity contribution in [1.29, 1.82) is 0 Å². The Labute approximate surface area is 148 Å². The summed E-state index contributed by atoms with van der Waals surface area (Å²) in [5.41, 5.74) is 2.02. The summed E-state index contributed by atoms with van der Waals surface area (Å²) in [4.78, 5) is 21.1. The third kappa shape index (κ3) is 3.82. The number of aryl methyl sites for hydroxylation is 1. The zero-order valence-electron chi connectivity index (χ0n) is 15.4. The smallest absolute Gasteiger partial charge is 0.255 e. The molecule has 1 saturated heterocycles. The summed E-state index contributed by atoms with van der Waals surface area (Å²) in [5.74, 6) is 0.00557. The zero-order valence-corrected chi connectivity index (χ0v) is 15.4. The molecule has 0 aliphatic carbocycles. The molecule has 1 aliphatic rings. The van der Waals surface area contributed by atoms with E-state index in [2.05, 4.69) is 20.1 Å². The van der Waals surface area contributed by atoms with Gasteiger partial charge in [-0.25, -0.2) is 4.98 Å². The molecule has 1 atom stereocenters. The van der Waals surface area contributed by atoms with Crippen LogP contribution in [0.15, 0.2) is 12.3 Å². The lowest BCUT2D eigenvalue weighted by atomic mass is 9.89. The van der Waals surface area contributed by atoms with Crippen molar-refractivity contribution in [2.45, 2.75) is 33.8 Å². The fourth-order valence-corrected chi connectivity index (χ4v) is 2.97. The number of nitrogens with zero attached hydrogens (tertiary/aromatic N) is 4. The number of aliphatic hydroxyl groups is 1. The summed E-state index contributed by atoms with van der Waals surface area (Å²) in [6.45, 7) is 11.6. The van der Waals surface area contributed by atoms with Crippen molar-refractivity contribution in [3.63, 3.8) is 0 Å². The molecule has 2 aromatic rings. The summed E-state index contributed by atoms with van der Waals surface area (Å²) in [6.07, 6.45) is 1.23. The number of aromatic nitrogens is 3. The van der Waals surface area contributed by atoms with Crippen molar-refractivity contribution in [1.82, 2.24) is 25.0 Å². The molecule has 1 amide bonds. The summed E-state index contributed by atoms with van der Waals surface area (Å²) < 4.78 is 0. The summed E-state index contributed by atoms with van der Waals surface area (Å²) in [6, 6.07) is 1.86. The van der Waals surface area contributed by atoms with Gasteiger partial charge in [0.05, 0.1) is 11.7 Å². The molecule has 1 fully saturated rings. The second kappa shape index (κ2) is 6.72. The van der Waals surface area contributed by atoms with E-state index < -0.39 is 0 Å². The van der Waals surface area contributed by atoms with Gasteiger partial charge in [-0.1, -0.05) is 20.8 Å². The number of nitrogens with one attached hydrogen (secondary N) is 1. The molecule has 1 aliphatic heterocycles. The molecule has 136 valence electrons. The maximum Gasteiger partial charge on any atom is 0.255 e. The van der Waals surface area contributed by atoms with Crippen LogP contribution in [0, 0.1) is 12.3 Å². The second-order valence-electron chi connectivity index (χ2n) is 7.92. The standard InChI is InChI=1S/C18H27N5O2/c1-12-14-9-13(10-19-16(14)21-20-12)17(25)23-7-5-22(6-8-23)11-15(24)18(2,3)4/h9-10,15,24H,5-8,11H2,1-4H3,(H,19,20,21)/t15-/m1/s1. The summed E-state index contributed by atoms with van der Waals surface area (Å²) in [5, 5.41) is 18.1. The zero-order chi connectivity index (χ0) is 18.2. The average molecular weight is 345 g/mol. The van der Waals surface area contributed by atoms with E-state index in [1.54, 1.807) is 6.20 Å². The van der Waals surface area contributed by atoms with E-state index in [9.17, 15) is 9.90 Å². The number of aromatic amines is 1. The number of H-pyrrole nitrogens is 1. The maximum atomic E-state index is 12.8. The van der Waals surface area contributed by atoms with Crippen molar-refractivity contribution in [2.75, 3.05) is 32.7 Å². The van der Waals surface area contributed by atoms with Crippen molar-refractivity contribution >= 4 is 16.9 Å². The molecule has 2 aromatic heterocycles. The van der Waals surface area contributed by atoms with Crippen molar-refractivity contribution in [2.24, 2.45) is 5.41 Å². The van der Waals surface area contributed by atoms with Crippen LogP contribution in [0.25, 0.3) is 11.0 Å². The van der Waals surface area contributed by atoms with E-state index in [1.807, 2.05) is 38.7 Å². The molecule has 0 saturated carbocycles. The highest BCUT2D eigenvalue weighted by molar-refractivity contribution is 5.97. The fraction of sp³-hybridized carbons (Fsp3) is 0.611. The average Bonchev–Trinajstić information content (AvgIpc) is 2.95. The molecule has 0 aromatic carbocycles. The molecule has 0 unspecified atom stereocenters. The third-order valence-corrected chi connectivity index (χ3v) is 4.94. The van der Waals surface area contributed by atoms with Crippen molar-refractivity contribution in [3.05, 3.63) is 23.5 Å². The van der Waals surface area contributed by atoms with Gasteiger partial charge in [-0.05, 0) is 18.4 Å². The molecule has 7 nitrogen and oxygen atoms in total. The molecule has 7 heteroatoms. The van der Waals surface area contributed by atoms with Crippen LogP contribution in [0.3, 0.4) is 0 Å². The predicted octanol–water partition coefficient (Wildman–Crippen LogP) is 1.43. The number of hydrogen-bond donors (Lipinski definition) is 2. The quantitative estimate of drug-likeness (QED) is 0.879. The number of β-amino-alcohol motifs (C(OH)–C–C–N with tert-alkyl or cyclic N) is 1. The van der Waals surface area contributed by atoms with E-state index in [1.165, 1.54) is 0 Å². The fourth-order valence-electron chi connectivity index (χ4n) is 2.97. The van der Waals surface area contributed by atoms with Crippen molar-refractivity contribution < 1.29 is 9.90 Å². The van der Waals surface area contributed by atoms with E-state index >= 15 is 0 Å². The lowest BCUT2D eigenvalue weighted by Gasteiger charge is -2.38. The molecular weight excluding hydrogens is 318 g/mol. The van der Waals surface area contributed by atoms with Crippen LogP contribution >= 0.6 is 0 Å². The number of hydrogen-bond acceptors (Lipinski definition) is 5. The minimum atomic E-state index is -0.370.